The molecule has 1 aliphatic rings. The number of hydrogen-bond donors (Lipinski definition) is 2. The van der Waals surface area contributed by atoms with Crippen molar-refractivity contribution in [2.45, 2.75) is 76.4 Å². The number of hydrogen-bond acceptors (Lipinski definition) is 7. The van der Waals surface area contributed by atoms with E-state index in [0.717, 1.165) is 24.5 Å². The molecule has 1 fully saturated rings. The van der Waals surface area contributed by atoms with Crippen molar-refractivity contribution >= 4 is 41.2 Å². The maximum absolute atomic E-state index is 14.4. The molecule has 15 heteroatoms. The molecule has 0 aliphatic carbocycles. The van der Waals surface area contributed by atoms with Gasteiger partial charge in [-0.15, -0.1) is 0 Å². The molecule has 11 nitrogen and oxygen atoms in total. The van der Waals surface area contributed by atoms with Crippen molar-refractivity contribution in [3.8, 4) is 0 Å². The summed E-state index contributed by atoms with van der Waals surface area (Å²) in [7, 11) is 2.34. The minimum absolute atomic E-state index is 0.307. The van der Waals surface area contributed by atoms with Gasteiger partial charge in [0, 0.05) is 49.0 Å². The first kappa shape index (κ1) is 43.8. The zero-order chi connectivity index (χ0) is 41.4. The highest BCUT2D eigenvalue weighted by atomic mass is 35.5. The topological polar surface area (TPSA) is 134 Å². The first-order valence-corrected chi connectivity index (χ1v) is 18.6. The highest BCUT2D eigenvalue weighted by Gasteiger charge is 2.48. The van der Waals surface area contributed by atoms with Crippen LogP contribution >= 0.6 is 11.6 Å². The molecule has 4 atom stereocenters. The van der Waals surface area contributed by atoms with E-state index < -0.39 is 77.9 Å². The molecule has 0 spiro atoms. The van der Waals surface area contributed by atoms with Gasteiger partial charge < -0.3 is 29.9 Å². The van der Waals surface area contributed by atoms with Gasteiger partial charge in [-0.25, -0.2) is 0 Å². The molecule has 1 saturated heterocycles. The third kappa shape index (κ3) is 9.88. The number of likely N-dealkylation sites (N-methyl/N-ethyl adjacent to an activating group) is 1. The number of rotatable bonds is 15. The molecule has 1 unspecified atom stereocenters. The van der Waals surface area contributed by atoms with Crippen LogP contribution in [-0.4, -0.2) is 97.1 Å². The van der Waals surface area contributed by atoms with E-state index in [2.05, 4.69) is 5.32 Å². The number of ether oxygens (including phenoxy) is 2. The number of nitrogens with one attached hydrogen (secondary N) is 2. The molecule has 302 valence electrons. The van der Waals surface area contributed by atoms with E-state index in [4.69, 9.17) is 21.1 Å². The van der Waals surface area contributed by atoms with Crippen LogP contribution in [0.2, 0.25) is 5.02 Å². The Morgan fingerprint density at radius 2 is 1.46 bits per heavy atom. The third-order valence-corrected chi connectivity index (χ3v) is 10.1. The van der Waals surface area contributed by atoms with Gasteiger partial charge in [0.1, 0.15) is 17.6 Å². The number of benzene rings is 3. The van der Waals surface area contributed by atoms with Crippen molar-refractivity contribution in [2.24, 2.45) is 5.92 Å². The van der Waals surface area contributed by atoms with Crippen LogP contribution in [0.25, 0.3) is 0 Å². The van der Waals surface area contributed by atoms with Crippen LogP contribution in [0.1, 0.15) is 62.3 Å². The number of nitrogens with zero attached hydrogens (tertiary/aromatic N) is 2. The van der Waals surface area contributed by atoms with Crippen LogP contribution in [0.15, 0.2) is 78.9 Å². The number of halogens is 4. The minimum Gasteiger partial charge on any atom is -0.444 e. The Kier molecular flexibility index (Phi) is 14.3. The van der Waals surface area contributed by atoms with E-state index in [1.54, 1.807) is 67.7 Å². The van der Waals surface area contributed by atoms with Gasteiger partial charge in [0.15, 0.2) is 5.60 Å². The highest BCUT2D eigenvalue weighted by molar-refractivity contribution is 6.31. The molecule has 4 rings (SSSR count). The molecular weight excluding hydrogens is 753 g/mol. The Morgan fingerprint density at radius 3 is 2.02 bits per heavy atom. The average molecular weight is 801 g/mol. The molecule has 3 aromatic rings. The quantitative estimate of drug-likeness (QED) is 0.152. The van der Waals surface area contributed by atoms with Crippen LogP contribution in [0.5, 0.6) is 0 Å². The Hall–Kier alpha value is -4.95. The molecule has 2 N–H and O–H groups in total. The van der Waals surface area contributed by atoms with Gasteiger partial charge in [-0.05, 0) is 38.7 Å². The Morgan fingerprint density at radius 1 is 0.893 bits per heavy atom. The maximum atomic E-state index is 14.4. The van der Waals surface area contributed by atoms with Crippen LogP contribution in [0.4, 0.5) is 13.2 Å². The number of aryl methyl sites for hydroxylation is 1. The van der Waals surface area contributed by atoms with E-state index >= 15 is 0 Å². The molecule has 0 saturated carbocycles. The van der Waals surface area contributed by atoms with Crippen molar-refractivity contribution in [3.05, 3.63) is 106 Å². The van der Waals surface area contributed by atoms with Crippen molar-refractivity contribution in [2.75, 3.05) is 33.9 Å². The molecule has 56 heavy (non-hydrogen) atoms. The van der Waals surface area contributed by atoms with Gasteiger partial charge in [0.05, 0.1) is 13.0 Å². The normalized spacial score (nSPS) is 16.2. The summed E-state index contributed by atoms with van der Waals surface area (Å²) in [6.07, 6.45) is -4.51. The van der Waals surface area contributed by atoms with Crippen LogP contribution in [-0.2, 0) is 39.0 Å². The number of alkyl halides is 3. The van der Waals surface area contributed by atoms with Crippen molar-refractivity contribution < 1.29 is 46.6 Å². The minimum atomic E-state index is -5.30. The molecule has 1 aliphatic heterocycles. The Balaban J connectivity index is 1.73. The van der Waals surface area contributed by atoms with Gasteiger partial charge in [0.25, 0.3) is 5.91 Å². The standard InChI is InChI=1S/C41H48ClF3N4O7/c1-26(2)34(48(5)38(54)39(4,25-55-6)47-37(53)41(43,44)45)35(51)46-32(36(52)49-22-12-13-23-49)24-33(50)56-40(28-14-8-7-9-15-28,29-20-18-27(3)19-21-29)30-16-10-11-17-31(30)42/h7-11,14-21,26,32,34H,12-13,22-25H2,1-6H3,(H,46,51)(H,47,53)/t32-,34-,39-,40?/m0/s1. The average Bonchev–Trinajstić information content (AvgIpc) is 3.69. The van der Waals surface area contributed by atoms with E-state index in [1.165, 1.54) is 11.9 Å². The number of amides is 4. The second kappa shape index (κ2) is 18.3. The number of carbonyl (C=O) groups excluding carboxylic acids is 5. The fourth-order valence-corrected chi connectivity index (χ4v) is 7.32. The summed E-state index contributed by atoms with van der Waals surface area (Å²) in [5.74, 6) is -6.35. The van der Waals surface area contributed by atoms with E-state index in [-0.39, 0.29) is 0 Å². The van der Waals surface area contributed by atoms with Crippen LogP contribution in [0.3, 0.4) is 0 Å². The predicted octanol–water partition coefficient (Wildman–Crippen LogP) is 5.55. The summed E-state index contributed by atoms with van der Waals surface area (Å²) in [6.45, 7) is 6.29. The summed E-state index contributed by atoms with van der Waals surface area (Å²) in [5, 5.41) is 4.67. The monoisotopic (exact) mass is 800 g/mol. The largest absolute Gasteiger partial charge is 0.471 e. The fourth-order valence-electron chi connectivity index (χ4n) is 7.06. The number of likely N-dealkylation sites (tertiary alicyclic amines) is 1. The molecular formula is C41H48ClF3N4O7. The van der Waals surface area contributed by atoms with Gasteiger partial charge in [-0.2, -0.15) is 13.2 Å². The molecule has 1 heterocycles. The first-order chi connectivity index (χ1) is 26.3. The van der Waals surface area contributed by atoms with Gasteiger partial charge in [0.2, 0.25) is 11.8 Å². The fraction of sp³-hybridized carbons (Fsp3) is 0.439. The lowest BCUT2D eigenvalue weighted by atomic mass is 9.79. The lowest BCUT2D eigenvalue weighted by Crippen LogP contribution is -2.65. The van der Waals surface area contributed by atoms with Gasteiger partial charge >= 0.3 is 18.1 Å². The van der Waals surface area contributed by atoms with Crippen LogP contribution < -0.4 is 10.6 Å². The highest BCUT2D eigenvalue weighted by Crippen LogP contribution is 2.44. The summed E-state index contributed by atoms with van der Waals surface area (Å²) in [6, 6.07) is 20.4. The van der Waals surface area contributed by atoms with E-state index in [0.29, 0.717) is 47.6 Å². The molecule has 4 amide bonds. The van der Waals surface area contributed by atoms with Gasteiger partial charge in [-0.3, -0.25) is 24.0 Å². The van der Waals surface area contributed by atoms with Crippen LogP contribution in [0, 0.1) is 12.8 Å². The molecule has 0 aromatic heterocycles. The maximum Gasteiger partial charge on any atom is 0.471 e. The van der Waals surface area contributed by atoms with Crippen molar-refractivity contribution in [1.82, 2.24) is 20.4 Å². The molecule has 0 radical (unpaired) electrons. The first-order valence-electron chi connectivity index (χ1n) is 18.2. The van der Waals surface area contributed by atoms with Crippen molar-refractivity contribution in [1.29, 1.82) is 0 Å². The summed E-state index contributed by atoms with van der Waals surface area (Å²) in [4.78, 5) is 70.8. The zero-order valence-corrected chi connectivity index (χ0v) is 33.0. The summed E-state index contributed by atoms with van der Waals surface area (Å²) < 4.78 is 51.3. The Bertz CT molecular complexity index is 1870. The number of methoxy groups -OCH3 is 1. The summed E-state index contributed by atoms with van der Waals surface area (Å²) >= 11 is 6.83. The summed E-state index contributed by atoms with van der Waals surface area (Å²) in [5.41, 5.74) is -1.29. The third-order valence-electron chi connectivity index (χ3n) is 9.75. The number of esters is 1. The smallest absolute Gasteiger partial charge is 0.444 e. The number of carbonyl (C=O) groups is 5. The lowest BCUT2D eigenvalue weighted by molar-refractivity contribution is -0.177. The van der Waals surface area contributed by atoms with Crippen molar-refractivity contribution in [3.63, 3.8) is 0 Å². The Labute approximate surface area is 329 Å². The van der Waals surface area contributed by atoms with Gasteiger partial charge in [-0.1, -0.05) is 104 Å². The predicted molar refractivity (Wildman–Crippen MR) is 203 cm³/mol. The second-order valence-electron chi connectivity index (χ2n) is 14.5. The molecule has 0 bridgehead atoms. The second-order valence-corrected chi connectivity index (χ2v) is 14.9. The SMILES string of the molecule is COC[C@](C)(NC(=O)C(F)(F)F)C(=O)N(C)[C@H](C(=O)N[C@@H](CC(=O)OC(c1ccccc1)(c1ccc(C)cc1)c1ccccc1Cl)C(=O)N1CCCC1)C(C)C. The van der Waals surface area contributed by atoms with E-state index in [9.17, 15) is 37.1 Å². The van der Waals surface area contributed by atoms with E-state index in [1.807, 2.05) is 37.3 Å². The lowest BCUT2D eigenvalue weighted by Gasteiger charge is -2.38. The molecule has 3 aromatic carbocycles. The zero-order valence-electron chi connectivity index (χ0n) is 32.2.